The summed E-state index contributed by atoms with van der Waals surface area (Å²) in [5.74, 6) is -2.18. The van der Waals surface area contributed by atoms with Gasteiger partial charge in [0, 0.05) is 31.8 Å². The second-order valence-corrected chi connectivity index (χ2v) is 4.01. The molecule has 1 rings (SSSR count). The van der Waals surface area contributed by atoms with Gasteiger partial charge in [0.2, 0.25) is 11.8 Å². The maximum atomic E-state index is 11.6. The van der Waals surface area contributed by atoms with Crippen molar-refractivity contribution < 1.29 is 19.5 Å². The number of primary amides is 1. The molecule has 104 valence electrons. The van der Waals surface area contributed by atoms with Crippen LogP contribution in [0.5, 0.6) is 0 Å². The molecule has 0 spiro atoms. The molecule has 0 saturated carbocycles. The summed E-state index contributed by atoms with van der Waals surface area (Å²) < 4.78 is 1.71. The van der Waals surface area contributed by atoms with Crippen LogP contribution >= 0.6 is 0 Å². The first-order valence-corrected chi connectivity index (χ1v) is 5.75. The molecule has 0 aliphatic heterocycles. The lowest BCUT2D eigenvalue weighted by molar-refractivity contribution is -0.142. The number of aromatic nitrogens is 2. The highest BCUT2D eigenvalue weighted by Crippen LogP contribution is 1.99. The average molecular weight is 268 g/mol. The first-order valence-electron chi connectivity index (χ1n) is 5.75. The summed E-state index contributed by atoms with van der Waals surface area (Å²) in [7, 11) is 0. The summed E-state index contributed by atoms with van der Waals surface area (Å²) in [5.41, 5.74) is 4.94. The van der Waals surface area contributed by atoms with E-state index in [-0.39, 0.29) is 19.3 Å². The van der Waals surface area contributed by atoms with Crippen molar-refractivity contribution in [2.75, 3.05) is 0 Å². The van der Waals surface area contributed by atoms with Crippen molar-refractivity contribution in [3.8, 4) is 0 Å². The van der Waals surface area contributed by atoms with Crippen molar-refractivity contribution in [2.45, 2.75) is 31.8 Å². The van der Waals surface area contributed by atoms with E-state index in [1.807, 2.05) is 0 Å². The molecule has 1 heterocycles. The summed E-state index contributed by atoms with van der Waals surface area (Å²) in [6.45, 7) is 0.411. The summed E-state index contributed by atoms with van der Waals surface area (Å²) >= 11 is 0. The lowest BCUT2D eigenvalue weighted by atomic mass is 10.1. The Kier molecular flexibility index (Phi) is 5.52. The Hall–Kier alpha value is -2.38. The van der Waals surface area contributed by atoms with Gasteiger partial charge in [-0.15, -0.1) is 0 Å². The fourth-order valence-electron chi connectivity index (χ4n) is 1.46. The van der Waals surface area contributed by atoms with E-state index in [2.05, 4.69) is 10.3 Å². The highest BCUT2D eigenvalue weighted by atomic mass is 16.4. The van der Waals surface area contributed by atoms with Gasteiger partial charge >= 0.3 is 5.97 Å². The van der Waals surface area contributed by atoms with Crippen molar-refractivity contribution in [1.82, 2.24) is 14.9 Å². The number of imidazole rings is 1. The van der Waals surface area contributed by atoms with Crippen LogP contribution in [-0.2, 0) is 20.9 Å². The number of aliphatic carboxylic acids is 1. The molecule has 19 heavy (non-hydrogen) atoms. The van der Waals surface area contributed by atoms with Gasteiger partial charge in [0.05, 0.1) is 6.33 Å². The first-order chi connectivity index (χ1) is 8.99. The zero-order chi connectivity index (χ0) is 14.3. The van der Waals surface area contributed by atoms with Crippen LogP contribution in [0.15, 0.2) is 18.7 Å². The summed E-state index contributed by atoms with van der Waals surface area (Å²) in [4.78, 5) is 36.9. The number of rotatable bonds is 8. The number of carboxylic acid groups (broad SMARTS) is 1. The largest absolute Gasteiger partial charge is 0.480 e. The minimum Gasteiger partial charge on any atom is -0.480 e. The minimum absolute atomic E-state index is 0.0124. The number of aryl methyl sites for hydroxylation is 1. The molecule has 2 amide bonds. The second-order valence-electron chi connectivity index (χ2n) is 4.01. The second kappa shape index (κ2) is 7.14. The average Bonchev–Trinajstić information content (AvgIpc) is 2.84. The third kappa shape index (κ3) is 5.66. The molecule has 0 unspecified atom stereocenters. The zero-order valence-corrected chi connectivity index (χ0v) is 10.3. The molecular formula is C11H16N4O4. The van der Waals surface area contributed by atoms with Gasteiger partial charge in [-0.25, -0.2) is 9.78 Å². The van der Waals surface area contributed by atoms with Gasteiger partial charge in [-0.3, -0.25) is 9.59 Å². The minimum atomic E-state index is -1.18. The Bertz CT molecular complexity index is 444. The molecule has 0 aliphatic carbocycles. The number of nitrogens with zero attached hydrogens (tertiary/aromatic N) is 2. The summed E-state index contributed by atoms with van der Waals surface area (Å²) in [6, 6.07) is -1.09. The fraction of sp³-hybridized carbons (Fsp3) is 0.455. The maximum Gasteiger partial charge on any atom is 0.326 e. The van der Waals surface area contributed by atoms with Crippen LogP contribution in [0.2, 0.25) is 0 Å². The number of carbonyl (C=O) groups excluding carboxylic acids is 2. The smallest absolute Gasteiger partial charge is 0.326 e. The molecule has 1 aromatic heterocycles. The molecular weight excluding hydrogens is 252 g/mol. The van der Waals surface area contributed by atoms with Crippen molar-refractivity contribution in [3.05, 3.63) is 18.7 Å². The topological polar surface area (TPSA) is 127 Å². The van der Waals surface area contributed by atoms with Gasteiger partial charge in [-0.1, -0.05) is 0 Å². The van der Waals surface area contributed by atoms with Crippen LogP contribution in [0.25, 0.3) is 0 Å². The maximum absolute atomic E-state index is 11.6. The van der Waals surface area contributed by atoms with E-state index in [0.29, 0.717) is 6.54 Å². The standard InChI is InChI=1S/C11H16N4O4/c12-9(16)2-1-8(11(18)19)14-10(17)3-5-15-6-4-13-7-15/h4,6-8H,1-3,5H2,(H2,12,16)(H,14,17)(H,18,19)/t8-/m0/s1. The number of amides is 2. The van der Waals surface area contributed by atoms with E-state index in [1.54, 1.807) is 23.3 Å². The molecule has 0 fully saturated rings. The van der Waals surface area contributed by atoms with Gasteiger partial charge in [0.25, 0.3) is 0 Å². The Morgan fingerprint density at radius 1 is 1.37 bits per heavy atom. The van der Waals surface area contributed by atoms with E-state index >= 15 is 0 Å². The molecule has 1 aromatic rings. The van der Waals surface area contributed by atoms with E-state index in [9.17, 15) is 14.4 Å². The third-order valence-corrected chi connectivity index (χ3v) is 2.47. The molecule has 0 radical (unpaired) electrons. The molecule has 1 atom stereocenters. The van der Waals surface area contributed by atoms with E-state index < -0.39 is 23.8 Å². The fourth-order valence-corrected chi connectivity index (χ4v) is 1.46. The van der Waals surface area contributed by atoms with Gasteiger partial charge in [0.15, 0.2) is 0 Å². The van der Waals surface area contributed by atoms with E-state index in [1.165, 1.54) is 0 Å². The number of carbonyl (C=O) groups is 3. The zero-order valence-electron chi connectivity index (χ0n) is 10.3. The number of nitrogens with two attached hydrogens (primary N) is 1. The van der Waals surface area contributed by atoms with Crippen LogP contribution in [-0.4, -0.2) is 38.5 Å². The first kappa shape index (κ1) is 14.7. The number of carboxylic acids is 1. The highest BCUT2D eigenvalue weighted by molar-refractivity contribution is 5.84. The normalized spacial score (nSPS) is 11.8. The van der Waals surface area contributed by atoms with Crippen molar-refractivity contribution in [1.29, 1.82) is 0 Å². The Morgan fingerprint density at radius 3 is 2.63 bits per heavy atom. The Labute approximate surface area is 109 Å². The molecule has 0 bridgehead atoms. The highest BCUT2D eigenvalue weighted by Gasteiger charge is 2.20. The van der Waals surface area contributed by atoms with E-state index in [0.717, 1.165) is 0 Å². The predicted molar refractivity (Wildman–Crippen MR) is 64.8 cm³/mol. The van der Waals surface area contributed by atoms with Gasteiger partial charge < -0.3 is 20.7 Å². The van der Waals surface area contributed by atoms with Crippen LogP contribution < -0.4 is 11.1 Å². The molecule has 0 aliphatic rings. The third-order valence-electron chi connectivity index (χ3n) is 2.47. The number of hydrogen-bond acceptors (Lipinski definition) is 4. The monoisotopic (exact) mass is 268 g/mol. The van der Waals surface area contributed by atoms with Crippen LogP contribution in [0, 0.1) is 0 Å². The van der Waals surface area contributed by atoms with E-state index in [4.69, 9.17) is 10.8 Å². The quantitative estimate of drug-likeness (QED) is 0.563. The van der Waals surface area contributed by atoms with Crippen molar-refractivity contribution in [2.24, 2.45) is 5.73 Å². The Morgan fingerprint density at radius 2 is 2.11 bits per heavy atom. The molecule has 4 N–H and O–H groups in total. The van der Waals surface area contributed by atoms with Crippen molar-refractivity contribution >= 4 is 17.8 Å². The van der Waals surface area contributed by atoms with Crippen LogP contribution in [0.3, 0.4) is 0 Å². The number of hydrogen-bond donors (Lipinski definition) is 3. The SMILES string of the molecule is NC(=O)CC[C@H](NC(=O)CCn1ccnc1)C(=O)O. The van der Waals surface area contributed by atoms with Gasteiger partial charge in [0.1, 0.15) is 6.04 Å². The lowest BCUT2D eigenvalue weighted by Gasteiger charge is -2.13. The van der Waals surface area contributed by atoms with Crippen LogP contribution in [0.4, 0.5) is 0 Å². The number of nitrogens with one attached hydrogen (secondary N) is 1. The summed E-state index contributed by atoms with van der Waals surface area (Å²) in [6.07, 6.45) is 4.89. The lowest BCUT2D eigenvalue weighted by Crippen LogP contribution is -2.41. The van der Waals surface area contributed by atoms with Gasteiger partial charge in [-0.2, -0.15) is 0 Å². The van der Waals surface area contributed by atoms with Crippen LogP contribution in [0.1, 0.15) is 19.3 Å². The molecule has 0 saturated heterocycles. The Balaban J connectivity index is 2.38. The van der Waals surface area contributed by atoms with Crippen molar-refractivity contribution in [3.63, 3.8) is 0 Å². The molecule has 0 aromatic carbocycles. The predicted octanol–water partition coefficient (Wildman–Crippen LogP) is -0.892. The molecule has 8 nitrogen and oxygen atoms in total. The van der Waals surface area contributed by atoms with Gasteiger partial charge in [-0.05, 0) is 6.42 Å². The summed E-state index contributed by atoms with van der Waals surface area (Å²) in [5, 5.41) is 11.3. The molecule has 8 heteroatoms.